The van der Waals surface area contributed by atoms with Crippen molar-refractivity contribution in [2.24, 2.45) is 5.92 Å². The summed E-state index contributed by atoms with van der Waals surface area (Å²) in [5.74, 6) is 0.529. The minimum absolute atomic E-state index is 0.0111. The van der Waals surface area contributed by atoms with E-state index in [4.69, 9.17) is 0 Å². The molecular formula is C21H22FN3O2S. The van der Waals surface area contributed by atoms with Crippen LogP contribution < -0.4 is 0 Å². The molecule has 0 bridgehead atoms. The molecule has 0 N–H and O–H groups in total. The molecule has 0 radical (unpaired) electrons. The number of imidazole rings is 1. The van der Waals surface area contributed by atoms with Gasteiger partial charge in [0.15, 0.2) is 0 Å². The van der Waals surface area contributed by atoms with Gasteiger partial charge >= 0.3 is 0 Å². The van der Waals surface area contributed by atoms with Crippen molar-refractivity contribution in [1.82, 2.24) is 13.9 Å². The largest absolute Gasteiger partial charge is 0.328 e. The molecule has 28 heavy (non-hydrogen) atoms. The molecule has 1 aliphatic heterocycles. The zero-order valence-corrected chi connectivity index (χ0v) is 16.4. The quantitative estimate of drug-likeness (QED) is 0.657. The number of hydrogen-bond donors (Lipinski definition) is 0. The number of halogens is 1. The third-order valence-electron chi connectivity index (χ3n) is 5.21. The Morgan fingerprint density at radius 3 is 2.68 bits per heavy atom. The van der Waals surface area contributed by atoms with Crippen LogP contribution in [0.4, 0.5) is 4.39 Å². The van der Waals surface area contributed by atoms with Crippen LogP contribution in [0.15, 0.2) is 65.7 Å². The van der Waals surface area contributed by atoms with Gasteiger partial charge in [0.05, 0.1) is 4.90 Å². The summed E-state index contributed by atoms with van der Waals surface area (Å²) in [5.41, 5.74) is 2.09. The molecule has 0 amide bonds. The Hall–Kier alpha value is -2.51. The van der Waals surface area contributed by atoms with Crippen molar-refractivity contribution >= 4 is 10.0 Å². The Morgan fingerprint density at radius 2 is 1.93 bits per heavy atom. The first-order valence-electron chi connectivity index (χ1n) is 9.28. The van der Waals surface area contributed by atoms with E-state index in [9.17, 15) is 12.8 Å². The highest BCUT2D eigenvalue weighted by Crippen LogP contribution is 2.28. The van der Waals surface area contributed by atoms with Gasteiger partial charge in [-0.05, 0) is 37.5 Å². The van der Waals surface area contributed by atoms with Gasteiger partial charge in [0.2, 0.25) is 10.0 Å². The Kier molecular flexibility index (Phi) is 5.03. The molecule has 1 saturated heterocycles. The number of hydrogen-bond acceptors (Lipinski definition) is 3. The van der Waals surface area contributed by atoms with Gasteiger partial charge in [-0.1, -0.05) is 36.4 Å². The van der Waals surface area contributed by atoms with E-state index in [1.165, 1.54) is 22.5 Å². The van der Waals surface area contributed by atoms with Gasteiger partial charge in [-0.25, -0.2) is 17.8 Å². The monoisotopic (exact) mass is 399 g/mol. The molecule has 7 heteroatoms. The van der Waals surface area contributed by atoms with Crippen LogP contribution in [-0.2, 0) is 16.6 Å². The molecule has 1 atom stereocenters. The zero-order valence-electron chi connectivity index (χ0n) is 15.6. The number of benzene rings is 2. The van der Waals surface area contributed by atoms with Crippen LogP contribution in [0.25, 0.3) is 11.4 Å². The van der Waals surface area contributed by atoms with E-state index in [1.807, 2.05) is 43.5 Å². The minimum atomic E-state index is -3.68. The summed E-state index contributed by atoms with van der Waals surface area (Å²) >= 11 is 0. The number of nitrogens with zero attached hydrogens (tertiary/aromatic N) is 3. The van der Waals surface area contributed by atoms with E-state index in [1.54, 1.807) is 0 Å². The summed E-state index contributed by atoms with van der Waals surface area (Å²) in [7, 11) is -3.68. The van der Waals surface area contributed by atoms with Gasteiger partial charge in [0.25, 0.3) is 0 Å². The van der Waals surface area contributed by atoms with E-state index in [0.717, 1.165) is 29.6 Å². The van der Waals surface area contributed by atoms with Gasteiger partial charge in [0, 0.05) is 37.1 Å². The van der Waals surface area contributed by atoms with Crippen molar-refractivity contribution in [3.63, 3.8) is 0 Å². The van der Waals surface area contributed by atoms with E-state index in [0.29, 0.717) is 19.6 Å². The Balaban J connectivity index is 1.53. The molecule has 0 saturated carbocycles. The lowest BCUT2D eigenvalue weighted by Gasteiger charge is -2.18. The molecule has 1 aliphatic rings. The molecule has 146 valence electrons. The molecular weight excluding hydrogens is 377 g/mol. The van der Waals surface area contributed by atoms with Crippen LogP contribution in [0, 0.1) is 18.7 Å². The molecule has 1 fully saturated rings. The van der Waals surface area contributed by atoms with Crippen LogP contribution in [-0.4, -0.2) is 35.4 Å². The molecule has 2 heterocycles. The summed E-state index contributed by atoms with van der Waals surface area (Å²) in [6.45, 7) is 3.57. The number of aromatic nitrogens is 2. The fourth-order valence-electron chi connectivity index (χ4n) is 3.71. The zero-order chi connectivity index (χ0) is 19.7. The Labute approximate surface area is 164 Å². The highest BCUT2D eigenvalue weighted by Gasteiger charge is 2.33. The lowest BCUT2D eigenvalue weighted by Crippen LogP contribution is -2.29. The standard InChI is InChI=1S/C21H22FN3O2S/c1-16-13-23-21(18-6-3-2-4-7-18)25(16)15-17-10-11-24(14-17)28(26,27)20-9-5-8-19(22)12-20/h2-9,12-13,17H,10-11,14-15H2,1H3. The number of aryl methyl sites for hydroxylation is 1. The van der Waals surface area contributed by atoms with Crippen LogP contribution in [0.3, 0.4) is 0 Å². The van der Waals surface area contributed by atoms with E-state index in [2.05, 4.69) is 9.55 Å². The van der Waals surface area contributed by atoms with Crippen molar-refractivity contribution in [2.75, 3.05) is 13.1 Å². The average molecular weight is 399 g/mol. The molecule has 3 aromatic rings. The van der Waals surface area contributed by atoms with Gasteiger partial charge < -0.3 is 4.57 Å². The normalized spacial score (nSPS) is 17.9. The molecule has 1 aromatic heterocycles. The van der Waals surface area contributed by atoms with Gasteiger partial charge in [-0.3, -0.25) is 0 Å². The fourth-order valence-corrected chi connectivity index (χ4v) is 5.27. The lowest BCUT2D eigenvalue weighted by atomic mass is 10.1. The molecule has 2 aromatic carbocycles. The highest BCUT2D eigenvalue weighted by molar-refractivity contribution is 7.89. The summed E-state index contributed by atoms with van der Waals surface area (Å²) in [6.07, 6.45) is 2.61. The average Bonchev–Trinajstić information content (AvgIpc) is 3.31. The van der Waals surface area contributed by atoms with Crippen molar-refractivity contribution in [2.45, 2.75) is 24.8 Å². The van der Waals surface area contributed by atoms with Crippen LogP contribution in [0.5, 0.6) is 0 Å². The van der Waals surface area contributed by atoms with Gasteiger partial charge in [-0.15, -0.1) is 0 Å². The van der Waals surface area contributed by atoms with Crippen LogP contribution in [0.2, 0.25) is 0 Å². The number of sulfonamides is 1. The third kappa shape index (κ3) is 3.59. The second-order valence-corrected chi connectivity index (χ2v) is 9.11. The summed E-state index contributed by atoms with van der Waals surface area (Å²) in [6, 6.07) is 15.2. The predicted octanol–water partition coefficient (Wildman–Crippen LogP) is 3.71. The molecule has 5 nitrogen and oxygen atoms in total. The summed E-state index contributed by atoms with van der Waals surface area (Å²) in [5, 5.41) is 0. The predicted molar refractivity (Wildman–Crippen MR) is 106 cm³/mol. The van der Waals surface area contributed by atoms with Crippen molar-refractivity contribution < 1.29 is 12.8 Å². The second kappa shape index (κ2) is 7.48. The highest BCUT2D eigenvalue weighted by atomic mass is 32.2. The smallest absolute Gasteiger partial charge is 0.243 e. The fraction of sp³-hybridized carbons (Fsp3) is 0.286. The lowest BCUT2D eigenvalue weighted by molar-refractivity contribution is 0.428. The maximum atomic E-state index is 13.5. The first-order chi connectivity index (χ1) is 13.4. The summed E-state index contributed by atoms with van der Waals surface area (Å²) < 4.78 is 42.7. The first-order valence-corrected chi connectivity index (χ1v) is 10.7. The third-order valence-corrected chi connectivity index (χ3v) is 7.07. The minimum Gasteiger partial charge on any atom is -0.328 e. The van der Waals surface area contributed by atoms with E-state index in [-0.39, 0.29) is 10.8 Å². The number of rotatable bonds is 5. The molecule has 0 aliphatic carbocycles. The molecule has 4 rings (SSSR count). The Morgan fingerprint density at radius 1 is 1.14 bits per heavy atom. The van der Waals surface area contributed by atoms with Crippen molar-refractivity contribution in [1.29, 1.82) is 0 Å². The van der Waals surface area contributed by atoms with Crippen LogP contribution >= 0.6 is 0 Å². The van der Waals surface area contributed by atoms with Crippen molar-refractivity contribution in [3.8, 4) is 11.4 Å². The van der Waals surface area contributed by atoms with Gasteiger partial charge in [0.1, 0.15) is 11.6 Å². The maximum Gasteiger partial charge on any atom is 0.243 e. The topological polar surface area (TPSA) is 55.2 Å². The van der Waals surface area contributed by atoms with E-state index < -0.39 is 15.8 Å². The maximum absolute atomic E-state index is 13.5. The first kappa shape index (κ1) is 18.8. The Bertz CT molecular complexity index is 1080. The molecule has 0 spiro atoms. The van der Waals surface area contributed by atoms with E-state index >= 15 is 0 Å². The second-order valence-electron chi connectivity index (χ2n) is 7.17. The molecule has 1 unspecified atom stereocenters. The van der Waals surface area contributed by atoms with Crippen LogP contribution in [0.1, 0.15) is 12.1 Å². The summed E-state index contributed by atoms with van der Waals surface area (Å²) in [4.78, 5) is 4.55. The SMILES string of the molecule is Cc1cnc(-c2ccccc2)n1CC1CCN(S(=O)(=O)c2cccc(F)c2)C1. The van der Waals surface area contributed by atoms with Crippen molar-refractivity contribution in [3.05, 3.63) is 72.3 Å². The van der Waals surface area contributed by atoms with Gasteiger partial charge in [-0.2, -0.15) is 4.31 Å².